The fourth-order valence-corrected chi connectivity index (χ4v) is 6.44. The molecule has 0 aromatic heterocycles. The van der Waals surface area contributed by atoms with Gasteiger partial charge in [0.05, 0.1) is 6.42 Å². The molecule has 0 spiro atoms. The average molecular weight is 542 g/mol. The molecule has 2 aromatic rings. The van der Waals surface area contributed by atoms with Gasteiger partial charge in [0.2, 0.25) is 5.91 Å². The van der Waals surface area contributed by atoms with Crippen molar-refractivity contribution in [2.75, 3.05) is 39.3 Å². The summed E-state index contributed by atoms with van der Waals surface area (Å²) in [5.41, 5.74) is 1.15. The Hall–Kier alpha value is -1.62. The molecule has 38 heavy (non-hydrogen) atoms. The van der Waals surface area contributed by atoms with Gasteiger partial charge in [0.1, 0.15) is 0 Å². The fraction of sp³-hybridized carbons (Fsp3) is 0.667. The van der Waals surface area contributed by atoms with Gasteiger partial charge in [-0.15, -0.1) is 12.4 Å². The van der Waals surface area contributed by atoms with E-state index in [9.17, 15) is 4.79 Å². The summed E-state index contributed by atoms with van der Waals surface area (Å²) in [6.07, 6.45) is 15.2. The second kappa shape index (κ2) is 17.2. The molecule has 212 valence electrons. The molecule has 1 aliphatic carbocycles. The van der Waals surface area contributed by atoms with Crippen LogP contribution in [0.15, 0.2) is 42.5 Å². The predicted molar refractivity (Wildman–Crippen MR) is 164 cm³/mol. The lowest BCUT2D eigenvalue weighted by Crippen LogP contribution is -2.41. The van der Waals surface area contributed by atoms with Gasteiger partial charge in [-0.05, 0) is 98.8 Å². The summed E-state index contributed by atoms with van der Waals surface area (Å²) >= 11 is 0. The summed E-state index contributed by atoms with van der Waals surface area (Å²) < 4.78 is 0. The van der Waals surface area contributed by atoms with E-state index in [1.165, 1.54) is 81.6 Å². The third kappa shape index (κ3) is 9.84. The molecule has 0 radical (unpaired) electrons. The number of piperidine rings is 1. The molecule has 4 nitrogen and oxygen atoms in total. The monoisotopic (exact) mass is 541 g/mol. The molecule has 1 saturated carbocycles. The molecule has 2 fully saturated rings. The number of nitrogens with one attached hydrogen (secondary N) is 2. The number of carbonyl (C=O) groups excluding carboxylic acids is 1. The Morgan fingerprint density at radius 1 is 0.895 bits per heavy atom. The predicted octanol–water partition coefficient (Wildman–Crippen LogP) is 7.00. The Balaban J connectivity index is 0.00000400. The first-order chi connectivity index (χ1) is 18.2. The highest BCUT2D eigenvalue weighted by Gasteiger charge is 2.23. The van der Waals surface area contributed by atoms with Gasteiger partial charge in [-0.2, -0.15) is 0 Å². The van der Waals surface area contributed by atoms with Crippen LogP contribution in [0.1, 0.15) is 83.1 Å². The van der Waals surface area contributed by atoms with Crippen LogP contribution in [0.2, 0.25) is 0 Å². The van der Waals surface area contributed by atoms with E-state index in [1.54, 1.807) is 0 Å². The lowest BCUT2D eigenvalue weighted by molar-refractivity contribution is -0.131. The minimum Gasteiger partial charge on any atom is -0.342 e. The van der Waals surface area contributed by atoms with Crippen molar-refractivity contribution in [2.45, 2.75) is 84.0 Å². The van der Waals surface area contributed by atoms with Gasteiger partial charge in [0, 0.05) is 13.1 Å². The first kappa shape index (κ1) is 30.9. The number of unbranched alkanes of at least 4 members (excludes halogenated alkanes) is 1. The van der Waals surface area contributed by atoms with Crippen molar-refractivity contribution in [3.8, 4) is 0 Å². The SMILES string of the molecule is CCCCC(CCNCC1CCN(C(=O)Cc2cccc3ccccc23)CC1)CNCC1CCCCC1.Cl. The van der Waals surface area contributed by atoms with Crippen molar-refractivity contribution >= 4 is 29.1 Å². The Kier molecular flexibility index (Phi) is 14.0. The molecular formula is C33H52ClN3O. The normalized spacial score (nSPS) is 17.9. The van der Waals surface area contributed by atoms with Crippen molar-refractivity contribution in [3.63, 3.8) is 0 Å². The molecule has 1 atom stereocenters. The van der Waals surface area contributed by atoms with E-state index < -0.39 is 0 Å². The van der Waals surface area contributed by atoms with Crippen LogP contribution < -0.4 is 10.6 Å². The van der Waals surface area contributed by atoms with Gasteiger partial charge in [0.15, 0.2) is 0 Å². The molecule has 2 aromatic carbocycles. The number of fused-ring (bicyclic) bond motifs is 1. The number of halogens is 1. The molecule has 1 saturated heterocycles. The van der Waals surface area contributed by atoms with Crippen LogP contribution >= 0.6 is 12.4 Å². The second-order valence-electron chi connectivity index (χ2n) is 11.8. The minimum absolute atomic E-state index is 0. The molecule has 5 heteroatoms. The summed E-state index contributed by atoms with van der Waals surface area (Å²) in [7, 11) is 0. The van der Waals surface area contributed by atoms with Crippen molar-refractivity contribution < 1.29 is 4.79 Å². The molecule has 4 rings (SSSR count). The zero-order valence-corrected chi connectivity index (χ0v) is 24.6. The maximum Gasteiger partial charge on any atom is 0.227 e. The lowest BCUT2D eigenvalue weighted by atomic mass is 9.89. The largest absolute Gasteiger partial charge is 0.342 e. The third-order valence-electron chi connectivity index (χ3n) is 8.91. The highest BCUT2D eigenvalue weighted by molar-refractivity contribution is 5.90. The summed E-state index contributed by atoms with van der Waals surface area (Å²) in [6, 6.07) is 14.7. The topological polar surface area (TPSA) is 44.4 Å². The smallest absolute Gasteiger partial charge is 0.227 e. The van der Waals surface area contributed by atoms with Gasteiger partial charge in [0.25, 0.3) is 0 Å². The molecule has 1 aliphatic heterocycles. The van der Waals surface area contributed by atoms with E-state index in [2.05, 4.69) is 64.9 Å². The number of benzene rings is 2. The minimum atomic E-state index is 0. The van der Waals surface area contributed by atoms with Crippen molar-refractivity contribution in [3.05, 3.63) is 48.0 Å². The Morgan fingerprint density at radius 2 is 1.61 bits per heavy atom. The van der Waals surface area contributed by atoms with E-state index in [4.69, 9.17) is 0 Å². The van der Waals surface area contributed by atoms with Crippen LogP contribution in [0.5, 0.6) is 0 Å². The quantitative estimate of drug-likeness (QED) is 0.253. The van der Waals surface area contributed by atoms with Gasteiger partial charge < -0.3 is 15.5 Å². The van der Waals surface area contributed by atoms with E-state index >= 15 is 0 Å². The van der Waals surface area contributed by atoms with Crippen molar-refractivity contribution in [1.29, 1.82) is 0 Å². The van der Waals surface area contributed by atoms with Gasteiger partial charge >= 0.3 is 0 Å². The summed E-state index contributed by atoms with van der Waals surface area (Å²) in [5, 5.41) is 10.0. The number of rotatable bonds is 14. The van der Waals surface area contributed by atoms with Crippen LogP contribution in [0.3, 0.4) is 0 Å². The second-order valence-corrected chi connectivity index (χ2v) is 11.8. The molecule has 1 heterocycles. The maximum absolute atomic E-state index is 13.0. The number of likely N-dealkylation sites (tertiary alicyclic amines) is 1. The maximum atomic E-state index is 13.0. The number of hydrogen-bond acceptors (Lipinski definition) is 3. The first-order valence-electron chi connectivity index (χ1n) is 15.4. The standard InChI is InChI=1S/C33H51N3O.ClH/c1-2-3-10-28(26-35-25-27-11-5-4-6-12-27)17-20-34-24-29-18-21-36(22-19-29)33(37)23-31-15-9-14-30-13-7-8-16-32(30)31;/h7-9,13-16,27-29,34-35H,2-6,10-12,17-26H2,1H3;1H. The van der Waals surface area contributed by atoms with Crippen LogP contribution in [0, 0.1) is 17.8 Å². The summed E-state index contributed by atoms with van der Waals surface area (Å²) in [4.78, 5) is 15.1. The van der Waals surface area contributed by atoms with E-state index in [0.717, 1.165) is 56.4 Å². The third-order valence-corrected chi connectivity index (χ3v) is 8.91. The Bertz CT molecular complexity index is 931. The lowest BCUT2D eigenvalue weighted by Gasteiger charge is -2.32. The zero-order chi connectivity index (χ0) is 25.7. The van der Waals surface area contributed by atoms with Crippen LogP contribution in [0.4, 0.5) is 0 Å². The van der Waals surface area contributed by atoms with Crippen molar-refractivity contribution in [2.24, 2.45) is 17.8 Å². The molecule has 2 aliphatic rings. The zero-order valence-electron chi connectivity index (χ0n) is 23.8. The number of nitrogens with zero attached hydrogens (tertiary/aromatic N) is 1. The van der Waals surface area contributed by atoms with E-state index in [0.29, 0.717) is 12.3 Å². The number of carbonyl (C=O) groups is 1. The van der Waals surface area contributed by atoms with Crippen LogP contribution in [-0.4, -0.2) is 50.1 Å². The highest BCUT2D eigenvalue weighted by Crippen LogP contribution is 2.24. The molecule has 2 N–H and O–H groups in total. The summed E-state index contributed by atoms with van der Waals surface area (Å²) in [5.74, 6) is 2.69. The average Bonchev–Trinajstić information content (AvgIpc) is 2.94. The van der Waals surface area contributed by atoms with Crippen molar-refractivity contribution in [1.82, 2.24) is 15.5 Å². The highest BCUT2D eigenvalue weighted by atomic mass is 35.5. The van der Waals surface area contributed by atoms with Crippen LogP contribution in [-0.2, 0) is 11.2 Å². The Labute approximate surface area is 238 Å². The number of hydrogen-bond donors (Lipinski definition) is 2. The summed E-state index contributed by atoms with van der Waals surface area (Å²) in [6.45, 7) is 8.76. The van der Waals surface area contributed by atoms with Gasteiger partial charge in [-0.3, -0.25) is 4.79 Å². The van der Waals surface area contributed by atoms with E-state index in [-0.39, 0.29) is 18.3 Å². The van der Waals surface area contributed by atoms with Gasteiger partial charge in [-0.1, -0.05) is 81.5 Å². The fourth-order valence-electron chi connectivity index (χ4n) is 6.44. The molecule has 0 bridgehead atoms. The molecule has 1 unspecified atom stereocenters. The Morgan fingerprint density at radius 3 is 2.39 bits per heavy atom. The van der Waals surface area contributed by atoms with Gasteiger partial charge in [-0.25, -0.2) is 0 Å². The van der Waals surface area contributed by atoms with E-state index in [1.807, 2.05) is 0 Å². The number of amides is 1. The van der Waals surface area contributed by atoms with Crippen LogP contribution in [0.25, 0.3) is 10.8 Å². The molecule has 1 amide bonds. The first-order valence-corrected chi connectivity index (χ1v) is 15.4. The molecular weight excluding hydrogens is 490 g/mol.